The lowest BCUT2D eigenvalue weighted by Crippen LogP contribution is -2.05. The molecule has 2 aromatic carbocycles. The smallest absolute Gasteiger partial charge is 0.338 e. The second-order valence-electron chi connectivity index (χ2n) is 5.31. The van der Waals surface area contributed by atoms with Gasteiger partial charge >= 0.3 is 5.97 Å². The van der Waals surface area contributed by atoms with Gasteiger partial charge in [-0.2, -0.15) is 0 Å². The van der Waals surface area contributed by atoms with E-state index in [1.165, 1.54) is 18.2 Å². The van der Waals surface area contributed by atoms with E-state index in [4.69, 9.17) is 0 Å². The van der Waals surface area contributed by atoms with Crippen LogP contribution >= 0.6 is 15.9 Å². The minimum Gasteiger partial charge on any atom is -0.507 e. The lowest BCUT2D eigenvalue weighted by atomic mass is 10.0. The van der Waals surface area contributed by atoms with Crippen LogP contribution in [0.4, 0.5) is 4.39 Å². The molecule has 0 atom stereocenters. The van der Waals surface area contributed by atoms with Crippen LogP contribution in [0.5, 0.6) is 5.75 Å². The van der Waals surface area contributed by atoms with Crippen molar-refractivity contribution in [3.63, 3.8) is 0 Å². The molecule has 2 N–H and O–H groups in total. The summed E-state index contributed by atoms with van der Waals surface area (Å²) in [7, 11) is 1.77. The zero-order chi connectivity index (χ0) is 16.7. The number of phenols is 1. The van der Waals surface area contributed by atoms with Crippen LogP contribution in [0.2, 0.25) is 0 Å². The van der Waals surface area contributed by atoms with Crippen molar-refractivity contribution in [3.8, 4) is 5.75 Å². The summed E-state index contributed by atoms with van der Waals surface area (Å²) < 4.78 is 15.3. The Labute approximate surface area is 139 Å². The highest BCUT2D eigenvalue weighted by Gasteiger charge is 2.22. The Morgan fingerprint density at radius 3 is 2.52 bits per heavy atom. The van der Waals surface area contributed by atoms with Gasteiger partial charge in [0.2, 0.25) is 0 Å². The fourth-order valence-corrected chi connectivity index (χ4v) is 3.07. The Morgan fingerprint density at radius 2 is 1.91 bits per heavy atom. The van der Waals surface area contributed by atoms with E-state index in [2.05, 4.69) is 15.9 Å². The van der Waals surface area contributed by atoms with E-state index >= 15 is 0 Å². The number of carboxylic acid groups (broad SMARTS) is 1. The molecule has 118 valence electrons. The van der Waals surface area contributed by atoms with Gasteiger partial charge in [-0.25, -0.2) is 9.18 Å². The number of aromatic nitrogens is 1. The number of aromatic carboxylic acids is 1. The quantitative estimate of drug-likeness (QED) is 0.722. The van der Waals surface area contributed by atoms with Crippen molar-refractivity contribution in [2.75, 3.05) is 0 Å². The number of phenolic OH excluding ortho intramolecular Hbond substituents is 1. The van der Waals surface area contributed by atoms with E-state index in [0.29, 0.717) is 27.5 Å². The average molecular weight is 378 g/mol. The van der Waals surface area contributed by atoms with Gasteiger partial charge in [0.1, 0.15) is 11.6 Å². The number of fused-ring (bicyclic) bond motifs is 1. The number of nitrogens with zero attached hydrogens (tertiary/aromatic N) is 1. The molecule has 0 saturated carbocycles. The Balaban J connectivity index is 2.22. The van der Waals surface area contributed by atoms with Crippen LogP contribution in [0.1, 0.15) is 21.6 Å². The molecule has 4 nitrogen and oxygen atoms in total. The highest BCUT2D eigenvalue weighted by molar-refractivity contribution is 9.10. The largest absolute Gasteiger partial charge is 0.507 e. The van der Waals surface area contributed by atoms with Crippen LogP contribution in [0.3, 0.4) is 0 Å². The molecule has 1 aromatic heterocycles. The van der Waals surface area contributed by atoms with Crippen LogP contribution in [-0.4, -0.2) is 20.7 Å². The molecule has 0 spiro atoms. The first-order valence-corrected chi connectivity index (χ1v) is 7.65. The van der Waals surface area contributed by atoms with Gasteiger partial charge in [0.05, 0.1) is 15.6 Å². The molecule has 0 radical (unpaired) electrons. The van der Waals surface area contributed by atoms with Crippen LogP contribution in [0.15, 0.2) is 40.9 Å². The highest BCUT2D eigenvalue weighted by atomic mass is 79.9. The van der Waals surface area contributed by atoms with Crippen LogP contribution in [0.25, 0.3) is 10.9 Å². The third-order valence-electron chi connectivity index (χ3n) is 3.89. The number of aromatic hydroxyl groups is 1. The second kappa shape index (κ2) is 5.70. The average Bonchev–Trinajstić information content (AvgIpc) is 2.75. The van der Waals surface area contributed by atoms with Crippen molar-refractivity contribution in [1.82, 2.24) is 4.57 Å². The number of carbonyl (C=O) groups is 1. The van der Waals surface area contributed by atoms with Crippen LogP contribution < -0.4 is 0 Å². The summed E-state index contributed by atoms with van der Waals surface area (Å²) in [4.78, 5) is 11.7. The molecular formula is C17H13BrFNO3. The van der Waals surface area contributed by atoms with Crippen LogP contribution in [0, 0.1) is 5.82 Å². The summed E-state index contributed by atoms with van der Waals surface area (Å²) in [6.45, 7) is 0. The molecule has 0 aliphatic carbocycles. The fraction of sp³-hybridized carbons (Fsp3) is 0.118. The molecule has 0 amide bonds. The van der Waals surface area contributed by atoms with E-state index < -0.39 is 5.97 Å². The minimum atomic E-state index is -1.06. The molecule has 0 aliphatic rings. The van der Waals surface area contributed by atoms with Crippen molar-refractivity contribution in [2.45, 2.75) is 6.42 Å². The normalized spacial score (nSPS) is 11.1. The lowest BCUT2D eigenvalue weighted by molar-refractivity contribution is 0.0697. The van der Waals surface area contributed by atoms with Crippen molar-refractivity contribution in [2.24, 2.45) is 7.05 Å². The zero-order valence-corrected chi connectivity index (χ0v) is 13.8. The van der Waals surface area contributed by atoms with Gasteiger partial charge in [-0.15, -0.1) is 0 Å². The van der Waals surface area contributed by atoms with Gasteiger partial charge in [0.25, 0.3) is 0 Å². The van der Waals surface area contributed by atoms with Gasteiger partial charge < -0.3 is 14.8 Å². The molecule has 0 unspecified atom stereocenters. The molecule has 0 bridgehead atoms. The number of halogens is 2. The van der Waals surface area contributed by atoms with E-state index in [0.717, 1.165) is 5.56 Å². The third-order valence-corrected chi connectivity index (χ3v) is 4.52. The van der Waals surface area contributed by atoms with Gasteiger partial charge in [0, 0.05) is 24.5 Å². The predicted octanol–water partition coefficient (Wildman–Crippen LogP) is 4.07. The fourth-order valence-electron chi connectivity index (χ4n) is 2.74. The Bertz CT molecular complexity index is 916. The molecule has 0 fully saturated rings. The van der Waals surface area contributed by atoms with E-state index in [9.17, 15) is 19.4 Å². The van der Waals surface area contributed by atoms with Gasteiger partial charge in [-0.1, -0.05) is 12.1 Å². The van der Waals surface area contributed by atoms with E-state index in [1.807, 2.05) is 0 Å². The number of aryl methyl sites for hydroxylation is 1. The molecule has 0 aliphatic heterocycles. The van der Waals surface area contributed by atoms with Crippen molar-refractivity contribution < 1.29 is 19.4 Å². The van der Waals surface area contributed by atoms with Crippen molar-refractivity contribution in [1.29, 1.82) is 0 Å². The Hall–Kier alpha value is -2.34. The Morgan fingerprint density at radius 1 is 1.26 bits per heavy atom. The van der Waals surface area contributed by atoms with Gasteiger partial charge in [-0.05, 0) is 45.8 Å². The first-order chi connectivity index (χ1) is 10.9. The number of rotatable bonds is 3. The maximum Gasteiger partial charge on any atom is 0.338 e. The first-order valence-electron chi connectivity index (χ1n) is 6.86. The number of hydrogen-bond acceptors (Lipinski definition) is 2. The summed E-state index contributed by atoms with van der Waals surface area (Å²) in [5.41, 5.74) is 2.25. The maximum absolute atomic E-state index is 13.0. The summed E-state index contributed by atoms with van der Waals surface area (Å²) in [6.07, 6.45) is 0.353. The predicted molar refractivity (Wildman–Crippen MR) is 88.4 cm³/mol. The summed E-state index contributed by atoms with van der Waals surface area (Å²) >= 11 is 3.24. The first kappa shape index (κ1) is 15.6. The SMILES string of the molecule is Cn1c(Cc2ccc(F)cc2)c(C(=O)O)c2cc(O)c(Br)cc21. The molecule has 6 heteroatoms. The van der Waals surface area contributed by atoms with Crippen molar-refractivity contribution >= 4 is 32.8 Å². The van der Waals surface area contributed by atoms with E-state index in [1.54, 1.807) is 29.8 Å². The van der Waals surface area contributed by atoms with Gasteiger partial charge in [-0.3, -0.25) is 0 Å². The van der Waals surface area contributed by atoms with Crippen molar-refractivity contribution in [3.05, 3.63) is 63.5 Å². The summed E-state index contributed by atoms with van der Waals surface area (Å²) in [5, 5.41) is 19.9. The highest BCUT2D eigenvalue weighted by Crippen LogP contribution is 2.34. The molecule has 3 aromatic rings. The number of carboxylic acids is 1. The summed E-state index contributed by atoms with van der Waals surface area (Å²) in [5.74, 6) is -1.41. The number of hydrogen-bond donors (Lipinski definition) is 2. The lowest BCUT2D eigenvalue weighted by Gasteiger charge is -2.06. The number of benzene rings is 2. The molecule has 0 saturated heterocycles. The Kier molecular flexibility index (Phi) is 3.85. The summed E-state index contributed by atoms with van der Waals surface area (Å²) in [6, 6.07) is 9.09. The molecule has 1 heterocycles. The van der Waals surface area contributed by atoms with E-state index in [-0.39, 0.29) is 17.1 Å². The maximum atomic E-state index is 13.0. The molecule has 23 heavy (non-hydrogen) atoms. The minimum absolute atomic E-state index is 0.0149. The van der Waals surface area contributed by atoms with Gasteiger partial charge in [0.15, 0.2) is 0 Å². The molecule has 3 rings (SSSR count). The monoisotopic (exact) mass is 377 g/mol. The second-order valence-corrected chi connectivity index (χ2v) is 6.16. The topological polar surface area (TPSA) is 62.5 Å². The molecular weight excluding hydrogens is 365 g/mol. The van der Waals surface area contributed by atoms with Crippen LogP contribution in [-0.2, 0) is 13.5 Å². The third kappa shape index (κ3) is 2.70. The standard InChI is InChI=1S/C17H13BrFNO3/c1-20-13-8-12(18)15(21)7-11(13)16(17(22)23)14(20)6-9-2-4-10(19)5-3-9/h2-5,7-8,21H,6H2,1H3,(H,22,23). The zero-order valence-electron chi connectivity index (χ0n) is 12.2.